The molecule has 1 aromatic heterocycles. The van der Waals surface area contributed by atoms with E-state index in [4.69, 9.17) is 4.74 Å². The first-order chi connectivity index (χ1) is 9.19. The van der Waals surface area contributed by atoms with Gasteiger partial charge in [-0.2, -0.15) is 0 Å². The standard InChI is InChI=1S/C14H18N2O2S/c1-4-12-13(9-17)19-14(15-12)16(2)10-5-7-11(18-3)8-6-10/h5-8,17H,4,9H2,1-3H3. The molecule has 1 heterocycles. The Morgan fingerprint density at radius 2 is 2.00 bits per heavy atom. The van der Waals surface area contributed by atoms with Crippen molar-refractivity contribution in [1.29, 1.82) is 0 Å². The average molecular weight is 278 g/mol. The molecule has 0 amide bonds. The minimum Gasteiger partial charge on any atom is -0.497 e. The number of aliphatic hydroxyl groups is 1. The third-order valence-electron chi connectivity index (χ3n) is 2.99. The van der Waals surface area contributed by atoms with Crippen molar-refractivity contribution in [2.45, 2.75) is 20.0 Å². The zero-order chi connectivity index (χ0) is 13.8. The highest BCUT2D eigenvalue weighted by Crippen LogP contribution is 2.31. The largest absolute Gasteiger partial charge is 0.497 e. The molecule has 0 aliphatic carbocycles. The highest BCUT2D eigenvalue weighted by molar-refractivity contribution is 7.15. The third-order valence-corrected chi connectivity index (χ3v) is 4.15. The second-order valence-corrected chi connectivity index (χ2v) is 5.20. The Morgan fingerprint density at radius 1 is 1.32 bits per heavy atom. The maximum Gasteiger partial charge on any atom is 0.190 e. The van der Waals surface area contributed by atoms with Gasteiger partial charge in [0.1, 0.15) is 5.75 Å². The summed E-state index contributed by atoms with van der Waals surface area (Å²) in [4.78, 5) is 7.53. The van der Waals surface area contributed by atoms with Crippen molar-refractivity contribution in [2.75, 3.05) is 19.1 Å². The van der Waals surface area contributed by atoms with Gasteiger partial charge < -0.3 is 14.7 Å². The second kappa shape index (κ2) is 6.04. The maximum absolute atomic E-state index is 9.32. The van der Waals surface area contributed by atoms with Crippen molar-refractivity contribution >= 4 is 22.2 Å². The molecule has 0 fully saturated rings. The highest BCUT2D eigenvalue weighted by Gasteiger charge is 2.13. The lowest BCUT2D eigenvalue weighted by Crippen LogP contribution is -2.08. The van der Waals surface area contributed by atoms with Crippen LogP contribution in [0.5, 0.6) is 5.75 Å². The first kappa shape index (κ1) is 13.8. The van der Waals surface area contributed by atoms with Crippen molar-refractivity contribution in [1.82, 2.24) is 4.98 Å². The molecular formula is C14H18N2O2S. The Morgan fingerprint density at radius 3 is 2.47 bits per heavy atom. The van der Waals surface area contributed by atoms with Crippen LogP contribution in [0.1, 0.15) is 17.5 Å². The lowest BCUT2D eigenvalue weighted by Gasteiger charge is -2.16. The summed E-state index contributed by atoms with van der Waals surface area (Å²) in [7, 11) is 3.63. The first-order valence-corrected chi connectivity index (χ1v) is 6.98. The number of aromatic nitrogens is 1. The molecule has 4 nitrogen and oxygen atoms in total. The molecule has 0 aliphatic rings. The van der Waals surface area contributed by atoms with Crippen LogP contribution in [0.15, 0.2) is 24.3 Å². The van der Waals surface area contributed by atoms with Crippen LogP contribution in [0.4, 0.5) is 10.8 Å². The van der Waals surface area contributed by atoms with Crippen LogP contribution < -0.4 is 9.64 Å². The van der Waals surface area contributed by atoms with Gasteiger partial charge in [0.15, 0.2) is 5.13 Å². The van der Waals surface area contributed by atoms with Crippen molar-refractivity contribution in [3.63, 3.8) is 0 Å². The van der Waals surface area contributed by atoms with Gasteiger partial charge in [0.05, 0.1) is 24.3 Å². The molecule has 0 aliphatic heterocycles. The van der Waals surface area contributed by atoms with Gasteiger partial charge in [0.2, 0.25) is 0 Å². The van der Waals surface area contributed by atoms with Crippen molar-refractivity contribution in [3.8, 4) is 5.75 Å². The van der Waals surface area contributed by atoms with Crippen LogP contribution in [0.3, 0.4) is 0 Å². The highest BCUT2D eigenvalue weighted by atomic mass is 32.1. The smallest absolute Gasteiger partial charge is 0.190 e. The number of aryl methyl sites for hydroxylation is 1. The van der Waals surface area contributed by atoms with Gasteiger partial charge in [0, 0.05) is 12.7 Å². The van der Waals surface area contributed by atoms with Crippen LogP contribution in [0.25, 0.3) is 0 Å². The van der Waals surface area contributed by atoms with E-state index < -0.39 is 0 Å². The summed E-state index contributed by atoms with van der Waals surface area (Å²) in [6, 6.07) is 7.83. The molecule has 0 radical (unpaired) electrons. The molecule has 0 saturated heterocycles. The Labute approximate surface area is 117 Å². The SMILES string of the molecule is CCc1nc(N(C)c2ccc(OC)cc2)sc1CO. The Bertz CT molecular complexity index is 515. The van der Waals surface area contributed by atoms with Gasteiger partial charge >= 0.3 is 0 Å². The molecule has 0 unspecified atom stereocenters. The fourth-order valence-corrected chi connectivity index (χ4v) is 2.82. The Balaban J connectivity index is 2.26. The first-order valence-electron chi connectivity index (χ1n) is 6.16. The summed E-state index contributed by atoms with van der Waals surface area (Å²) >= 11 is 1.53. The van der Waals surface area contributed by atoms with E-state index >= 15 is 0 Å². The number of aliphatic hydroxyl groups excluding tert-OH is 1. The van der Waals surface area contributed by atoms with Gasteiger partial charge in [-0.05, 0) is 30.7 Å². The third kappa shape index (κ3) is 2.88. The monoisotopic (exact) mass is 278 g/mol. The minimum atomic E-state index is 0.0529. The number of benzene rings is 1. The fourth-order valence-electron chi connectivity index (χ4n) is 1.83. The molecule has 0 bridgehead atoms. The van der Waals surface area contributed by atoms with Gasteiger partial charge in [0.25, 0.3) is 0 Å². The predicted octanol–water partition coefficient (Wildman–Crippen LogP) is 2.97. The molecule has 0 atom stereocenters. The van der Waals surface area contributed by atoms with Crippen LogP contribution in [0.2, 0.25) is 0 Å². The number of hydrogen-bond acceptors (Lipinski definition) is 5. The number of hydrogen-bond donors (Lipinski definition) is 1. The maximum atomic E-state index is 9.32. The fraction of sp³-hybridized carbons (Fsp3) is 0.357. The molecule has 2 aromatic rings. The summed E-state index contributed by atoms with van der Waals surface area (Å²) in [5, 5.41) is 10.2. The van der Waals surface area contributed by atoms with E-state index in [0.29, 0.717) is 0 Å². The molecule has 5 heteroatoms. The zero-order valence-electron chi connectivity index (χ0n) is 11.4. The van der Waals surface area contributed by atoms with Crippen LogP contribution in [-0.2, 0) is 13.0 Å². The number of rotatable bonds is 5. The van der Waals surface area contributed by atoms with E-state index in [1.165, 1.54) is 11.3 Å². The number of ether oxygens (including phenoxy) is 1. The molecule has 0 spiro atoms. The van der Waals surface area contributed by atoms with Gasteiger partial charge in [-0.1, -0.05) is 18.3 Å². The summed E-state index contributed by atoms with van der Waals surface area (Å²) < 4.78 is 5.15. The topological polar surface area (TPSA) is 45.6 Å². The van der Waals surface area contributed by atoms with E-state index in [1.54, 1.807) is 7.11 Å². The number of anilines is 2. The molecule has 0 saturated carbocycles. The summed E-state index contributed by atoms with van der Waals surface area (Å²) in [6.07, 6.45) is 0.836. The number of thiazole rings is 1. The molecule has 2 rings (SSSR count). The summed E-state index contributed by atoms with van der Waals surface area (Å²) in [5.74, 6) is 0.835. The molecular weight excluding hydrogens is 260 g/mol. The van der Waals surface area contributed by atoms with Crippen LogP contribution in [-0.4, -0.2) is 24.2 Å². The molecule has 19 heavy (non-hydrogen) atoms. The normalized spacial score (nSPS) is 10.5. The zero-order valence-corrected chi connectivity index (χ0v) is 12.2. The lowest BCUT2D eigenvalue weighted by molar-refractivity contribution is 0.284. The molecule has 102 valence electrons. The van der Waals surface area contributed by atoms with E-state index in [0.717, 1.165) is 33.6 Å². The van der Waals surface area contributed by atoms with E-state index in [1.807, 2.05) is 43.1 Å². The number of methoxy groups -OCH3 is 1. The lowest BCUT2D eigenvalue weighted by atomic mass is 10.3. The summed E-state index contributed by atoms with van der Waals surface area (Å²) in [5.41, 5.74) is 2.02. The van der Waals surface area contributed by atoms with Crippen LogP contribution >= 0.6 is 11.3 Å². The molecule has 1 N–H and O–H groups in total. The quantitative estimate of drug-likeness (QED) is 0.913. The average Bonchev–Trinajstić information content (AvgIpc) is 2.89. The van der Waals surface area contributed by atoms with E-state index in [2.05, 4.69) is 4.98 Å². The van der Waals surface area contributed by atoms with Gasteiger partial charge in [-0.3, -0.25) is 0 Å². The molecule has 1 aromatic carbocycles. The van der Waals surface area contributed by atoms with Crippen LogP contribution in [0, 0.1) is 0 Å². The van der Waals surface area contributed by atoms with Crippen molar-refractivity contribution in [2.24, 2.45) is 0 Å². The second-order valence-electron chi connectivity index (χ2n) is 4.14. The van der Waals surface area contributed by atoms with Crippen molar-refractivity contribution < 1.29 is 9.84 Å². The predicted molar refractivity (Wildman–Crippen MR) is 78.5 cm³/mol. The van der Waals surface area contributed by atoms with Crippen molar-refractivity contribution in [3.05, 3.63) is 34.8 Å². The minimum absolute atomic E-state index is 0.0529. The summed E-state index contributed by atoms with van der Waals surface area (Å²) in [6.45, 7) is 2.10. The van der Waals surface area contributed by atoms with E-state index in [9.17, 15) is 5.11 Å². The Kier molecular flexibility index (Phi) is 4.39. The number of nitrogens with zero attached hydrogens (tertiary/aromatic N) is 2. The van der Waals surface area contributed by atoms with Gasteiger partial charge in [-0.25, -0.2) is 4.98 Å². The van der Waals surface area contributed by atoms with Gasteiger partial charge in [-0.15, -0.1) is 0 Å². The van der Waals surface area contributed by atoms with E-state index in [-0.39, 0.29) is 6.61 Å². The Hall–Kier alpha value is -1.59.